The molecule has 0 radical (unpaired) electrons. The maximum atomic E-state index is 11.8. The number of carbonyl (C=O) groups excluding carboxylic acids is 1. The van der Waals surface area contributed by atoms with Crippen LogP contribution in [-0.4, -0.2) is 50.7 Å². The summed E-state index contributed by atoms with van der Waals surface area (Å²) in [6.07, 6.45) is 3.91. The highest BCUT2D eigenvalue weighted by Gasteiger charge is 2.17. The summed E-state index contributed by atoms with van der Waals surface area (Å²) < 4.78 is 5.23. The predicted octanol–water partition coefficient (Wildman–Crippen LogP) is 1.26. The molecule has 0 spiro atoms. The predicted molar refractivity (Wildman–Crippen MR) is 69.0 cm³/mol. The molecular weight excluding hydrogens is 216 g/mol. The van der Waals surface area contributed by atoms with Crippen molar-refractivity contribution in [1.82, 2.24) is 10.2 Å². The molecule has 1 N–H and O–H groups in total. The Morgan fingerprint density at radius 2 is 2.35 bits per heavy atom. The molecule has 0 aromatic rings. The Kier molecular flexibility index (Phi) is 7.21. The average molecular weight is 242 g/mol. The Hall–Kier alpha value is -0.610. The topological polar surface area (TPSA) is 41.6 Å². The zero-order valence-electron chi connectivity index (χ0n) is 11.2. The lowest BCUT2D eigenvalue weighted by atomic mass is 9.99. The van der Waals surface area contributed by atoms with Gasteiger partial charge in [-0.25, -0.2) is 0 Å². The zero-order valence-corrected chi connectivity index (χ0v) is 11.2. The molecule has 1 rings (SSSR count). The summed E-state index contributed by atoms with van der Waals surface area (Å²) in [5.74, 6) is 0.875. The number of hydrogen-bond donors (Lipinski definition) is 1. The van der Waals surface area contributed by atoms with Crippen molar-refractivity contribution in [3.63, 3.8) is 0 Å². The van der Waals surface area contributed by atoms with Crippen LogP contribution in [0, 0.1) is 5.92 Å². The van der Waals surface area contributed by atoms with E-state index in [2.05, 4.69) is 5.32 Å². The van der Waals surface area contributed by atoms with Crippen molar-refractivity contribution in [2.45, 2.75) is 32.6 Å². The van der Waals surface area contributed by atoms with Gasteiger partial charge in [-0.05, 0) is 45.2 Å². The molecule has 1 fully saturated rings. The molecule has 0 aromatic carbocycles. The van der Waals surface area contributed by atoms with Crippen LogP contribution in [0.25, 0.3) is 0 Å². The maximum absolute atomic E-state index is 11.8. The monoisotopic (exact) mass is 242 g/mol. The third-order valence-electron chi connectivity index (χ3n) is 3.24. The summed E-state index contributed by atoms with van der Waals surface area (Å²) in [7, 11) is 1.91. The van der Waals surface area contributed by atoms with Crippen LogP contribution in [0.2, 0.25) is 0 Å². The van der Waals surface area contributed by atoms with E-state index in [0.717, 1.165) is 32.7 Å². The number of nitrogens with zero attached hydrogens (tertiary/aromatic N) is 1. The van der Waals surface area contributed by atoms with Crippen molar-refractivity contribution in [2.75, 3.05) is 39.9 Å². The van der Waals surface area contributed by atoms with E-state index in [-0.39, 0.29) is 5.91 Å². The minimum Gasteiger partial charge on any atom is -0.382 e. The third kappa shape index (κ3) is 6.03. The second kappa shape index (κ2) is 8.48. The van der Waals surface area contributed by atoms with Gasteiger partial charge in [-0.15, -0.1) is 0 Å². The molecule has 1 amide bonds. The van der Waals surface area contributed by atoms with Crippen LogP contribution < -0.4 is 5.32 Å². The number of ether oxygens (including phenoxy) is 1. The molecule has 4 heteroatoms. The summed E-state index contributed by atoms with van der Waals surface area (Å²) >= 11 is 0. The minimum atomic E-state index is 0.246. The first kappa shape index (κ1) is 14.5. The number of piperidine rings is 1. The van der Waals surface area contributed by atoms with Crippen LogP contribution in [0.5, 0.6) is 0 Å². The van der Waals surface area contributed by atoms with E-state index in [9.17, 15) is 4.79 Å². The van der Waals surface area contributed by atoms with Gasteiger partial charge in [-0.1, -0.05) is 0 Å². The highest BCUT2D eigenvalue weighted by atomic mass is 16.5. The minimum absolute atomic E-state index is 0.246. The number of amides is 1. The Bertz CT molecular complexity index is 215. The summed E-state index contributed by atoms with van der Waals surface area (Å²) in [5.41, 5.74) is 0. The van der Waals surface area contributed by atoms with Crippen molar-refractivity contribution in [1.29, 1.82) is 0 Å². The summed E-state index contributed by atoms with van der Waals surface area (Å²) in [5, 5.41) is 3.38. The van der Waals surface area contributed by atoms with Gasteiger partial charge in [0.15, 0.2) is 0 Å². The first-order valence-electron chi connectivity index (χ1n) is 6.76. The van der Waals surface area contributed by atoms with Crippen LogP contribution in [0.15, 0.2) is 0 Å². The van der Waals surface area contributed by atoms with Gasteiger partial charge in [0.25, 0.3) is 0 Å². The summed E-state index contributed by atoms with van der Waals surface area (Å²) in [6.45, 7) is 6.47. The molecular formula is C13H26N2O2. The van der Waals surface area contributed by atoms with Gasteiger partial charge >= 0.3 is 0 Å². The van der Waals surface area contributed by atoms with Crippen LogP contribution in [-0.2, 0) is 9.53 Å². The van der Waals surface area contributed by atoms with Gasteiger partial charge in [-0.2, -0.15) is 0 Å². The Balaban J connectivity index is 2.12. The number of hydrogen-bond acceptors (Lipinski definition) is 3. The number of rotatable bonds is 7. The normalized spacial score (nSPS) is 20.2. The maximum Gasteiger partial charge on any atom is 0.222 e. The molecule has 1 atom stereocenters. The molecule has 0 aromatic heterocycles. The van der Waals surface area contributed by atoms with E-state index in [4.69, 9.17) is 4.74 Å². The van der Waals surface area contributed by atoms with E-state index >= 15 is 0 Å². The molecule has 1 saturated heterocycles. The lowest BCUT2D eigenvalue weighted by molar-refractivity contribution is -0.130. The van der Waals surface area contributed by atoms with E-state index in [1.165, 1.54) is 12.8 Å². The first-order valence-corrected chi connectivity index (χ1v) is 6.76. The zero-order chi connectivity index (χ0) is 12.5. The molecule has 17 heavy (non-hydrogen) atoms. The molecule has 1 heterocycles. The van der Waals surface area contributed by atoms with E-state index in [0.29, 0.717) is 18.9 Å². The van der Waals surface area contributed by atoms with Gasteiger partial charge < -0.3 is 15.0 Å². The van der Waals surface area contributed by atoms with Crippen molar-refractivity contribution in [3.05, 3.63) is 0 Å². The molecule has 100 valence electrons. The lowest BCUT2D eigenvalue weighted by Crippen LogP contribution is -2.39. The highest BCUT2D eigenvalue weighted by molar-refractivity contribution is 5.75. The smallest absolute Gasteiger partial charge is 0.222 e. The van der Waals surface area contributed by atoms with E-state index in [1.807, 2.05) is 18.9 Å². The largest absolute Gasteiger partial charge is 0.382 e. The SMILES string of the molecule is CCOCCCC(=O)N(C)CC1CCCNC1. The second-order valence-electron chi connectivity index (χ2n) is 4.79. The van der Waals surface area contributed by atoms with Gasteiger partial charge in [0, 0.05) is 33.2 Å². The van der Waals surface area contributed by atoms with Crippen LogP contribution in [0.1, 0.15) is 32.6 Å². The highest BCUT2D eigenvalue weighted by Crippen LogP contribution is 2.11. The number of nitrogens with one attached hydrogen (secondary N) is 1. The molecule has 0 aliphatic carbocycles. The molecule has 1 unspecified atom stereocenters. The summed E-state index contributed by atoms with van der Waals surface area (Å²) in [6, 6.07) is 0. The van der Waals surface area contributed by atoms with Crippen LogP contribution in [0.4, 0.5) is 0 Å². The fraction of sp³-hybridized carbons (Fsp3) is 0.923. The van der Waals surface area contributed by atoms with Crippen LogP contribution in [0.3, 0.4) is 0 Å². The van der Waals surface area contributed by atoms with Gasteiger partial charge in [0.2, 0.25) is 5.91 Å². The van der Waals surface area contributed by atoms with Gasteiger partial charge in [-0.3, -0.25) is 4.79 Å². The average Bonchev–Trinajstić information content (AvgIpc) is 2.35. The van der Waals surface area contributed by atoms with Crippen molar-refractivity contribution in [2.24, 2.45) is 5.92 Å². The van der Waals surface area contributed by atoms with Gasteiger partial charge in [0.05, 0.1) is 0 Å². The molecule has 0 bridgehead atoms. The Morgan fingerprint density at radius 1 is 1.53 bits per heavy atom. The molecule has 4 nitrogen and oxygen atoms in total. The van der Waals surface area contributed by atoms with E-state index in [1.54, 1.807) is 0 Å². The quantitative estimate of drug-likeness (QED) is 0.683. The number of carbonyl (C=O) groups is 1. The lowest BCUT2D eigenvalue weighted by Gasteiger charge is -2.27. The van der Waals surface area contributed by atoms with E-state index < -0.39 is 0 Å². The fourth-order valence-corrected chi connectivity index (χ4v) is 2.23. The van der Waals surface area contributed by atoms with Crippen molar-refractivity contribution in [3.8, 4) is 0 Å². The summed E-state index contributed by atoms with van der Waals surface area (Å²) in [4.78, 5) is 13.7. The Morgan fingerprint density at radius 3 is 3.00 bits per heavy atom. The first-order chi connectivity index (χ1) is 8.24. The fourth-order valence-electron chi connectivity index (χ4n) is 2.23. The molecule has 1 aliphatic heterocycles. The van der Waals surface area contributed by atoms with Crippen molar-refractivity contribution < 1.29 is 9.53 Å². The molecule has 0 saturated carbocycles. The Labute approximate surface area is 105 Å². The second-order valence-corrected chi connectivity index (χ2v) is 4.79. The van der Waals surface area contributed by atoms with Crippen LogP contribution >= 0.6 is 0 Å². The van der Waals surface area contributed by atoms with Gasteiger partial charge in [0.1, 0.15) is 0 Å². The third-order valence-corrected chi connectivity index (χ3v) is 3.24. The molecule has 1 aliphatic rings. The standard InChI is InChI=1S/C13H26N2O2/c1-3-17-9-5-7-13(16)15(2)11-12-6-4-8-14-10-12/h12,14H,3-11H2,1-2H3. The van der Waals surface area contributed by atoms with Crippen molar-refractivity contribution >= 4 is 5.91 Å².